The summed E-state index contributed by atoms with van der Waals surface area (Å²) in [6.45, 7) is 1.50. The van der Waals surface area contributed by atoms with Gasteiger partial charge in [-0.15, -0.1) is 11.3 Å². The highest BCUT2D eigenvalue weighted by atomic mass is 32.1. The minimum atomic E-state index is -1.03. The maximum Gasteiger partial charge on any atom is 0.341 e. The molecule has 0 spiro atoms. The molecule has 0 radical (unpaired) electrons. The highest BCUT2D eigenvalue weighted by Crippen LogP contribution is 2.37. The van der Waals surface area contributed by atoms with E-state index in [0.717, 1.165) is 23.5 Å². The molecule has 0 atom stereocenters. The van der Waals surface area contributed by atoms with Crippen LogP contribution in [-0.2, 0) is 4.79 Å². The molecule has 0 saturated heterocycles. The van der Waals surface area contributed by atoms with E-state index in [1.807, 2.05) is 6.92 Å². The van der Waals surface area contributed by atoms with E-state index in [2.05, 4.69) is 4.98 Å². The van der Waals surface area contributed by atoms with Gasteiger partial charge in [0.1, 0.15) is 10.6 Å². The zero-order valence-corrected chi connectivity index (χ0v) is 15.7. The summed E-state index contributed by atoms with van der Waals surface area (Å²) in [5.41, 5.74) is 1.50. The molecule has 138 valence electrons. The van der Waals surface area contributed by atoms with Crippen LogP contribution in [0.2, 0.25) is 0 Å². The Balaban J connectivity index is 1.72. The number of rotatable bonds is 6. The predicted octanol–water partition coefficient (Wildman–Crippen LogP) is 3.85. The summed E-state index contributed by atoms with van der Waals surface area (Å²) in [7, 11) is 1.73. The average molecular weight is 374 g/mol. The van der Waals surface area contributed by atoms with Crippen LogP contribution in [0, 0.1) is 6.92 Å². The quantitative estimate of drug-likeness (QED) is 0.831. The molecule has 1 aromatic carbocycles. The van der Waals surface area contributed by atoms with Crippen molar-refractivity contribution in [1.29, 1.82) is 0 Å². The van der Waals surface area contributed by atoms with Gasteiger partial charge in [0.2, 0.25) is 0 Å². The number of carboxylic acid groups (broad SMARTS) is 1. The Hall–Kier alpha value is -2.41. The number of hydrogen-bond donors (Lipinski definition) is 1. The number of benzene rings is 1. The lowest BCUT2D eigenvalue weighted by molar-refractivity contribution is -0.139. The Kier molecular flexibility index (Phi) is 5.56. The van der Waals surface area contributed by atoms with E-state index in [1.54, 1.807) is 36.2 Å². The van der Waals surface area contributed by atoms with Crippen LogP contribution in [0.1, 0.15) is 52.0 Å². The number of hydrogen-bond acceptors (Lipinski definition) is 5. The van der Waals surface area contributed by atoms with Crippen LogP contribution in [0.15, 0.2) is 24.3 Å². The second-order valence-corrected chi connectivity index (χ2v) is 7.52. The van der Waals surface area contributed by atoms with Crippen LogP contribution in [-0.4, -0.2) is 35.6 Å². The number of amides is 1. The normalized spacial score (nSPS) is 14.4. The number of ether oxygens (including phenoxy) is 1. The van der Waals surface area contributed by atoms with E-state index in [0.29, 0.717) is 22.2 Å². The maximum atomic E-state index is 12.9. The Morgan fingerprint density at radius 3 is 2.54 bits per heavy atom. The highest BCUT2D eigenvalue weighted by molar-refractivity contribution is 7.14. The standard InChI is InChI=1S/C19H22N2O4S/c1-12-17(26-18(20-12)13-5-3-4-6-13)19(24)21(2)14-7-9-15(10-8-14)25-11-16(22)23/h7-10,13H,3-6,11H2,1-2H3,(H,22,23). The van der Waals surface area contributed by atoms with Crippen LogP contribution in [0.4, 0.5) is 5.69 Å². The summed E-state index contributed by atoms with van der Waals surface area (Å²) in [6.07, 6.45) is 4.80. The van der Waals surface area contributed by atoms with Crippen molar-refractivity contribution in [2.24, 2.45) is 0 Å². The van der Waals surface area contributed by atoms with Crippen LogP contribution >= 0.6 is 11.3 Å². The van der Waals surface area contributed by atoms with E-state index < -0.39 is 12.6 Å². The molecule has 0 aliphatic heterocycles. The smallest absolute Gasteiger partial charge is 0.341 e. The van der Waals surface area contributed by atoms with Gasteiger partial charge < -0.3 is 14.7 Å². The molecular weight excluding hydrogens is 352 g/mol. The summed E-state index contributed by atoms with van der Waals surface area (Å²) in [6, 6.07) is 6.80. The molecule has 1 fully saturated rings. The number of aromatic nitrogens is 1. The van der Waals surface area contributed by atoms with Gasteiger partial charge in [-0.05, 0) is 44.0 Å². The molecular formula is C19H22N2O4S. The van der Waals surface area contributed by atoms with Crippen molar-refractivity contribution in [1.82, 2.24) is 4.98 Å². The number of carbonyl (C=O) groups is 2. The molecule has 1 aliphatic carbocycles. The van der Waals surface area contributed by atoms with Crippen LogP contribution in [0.3, 0.4) is 0 Å². The highest BCUT2D eigenvalue weighted by Gasteiger charge is 2.25. The van der Waals surface area contributed by atoms with Crippen molar-refractivity contribution in [3.05, 3.63) is 39.8 Å². The van der Waals surface area contributed by atoms with Gasteiger partial charge >= 0.3 is 5.97 Å². The second-order valence-electron chi connectivity index (χ2n) is 6.49. The van der Waals surface area contributed by atoms with Crippen molar-refractivity contribution < 1.29 is 19.4 Å². The largest absolute Gasteiger partial charge is 0.482 e. The van der Waals surface area contributed by atoms with Gasteiger partial charge in [0.05, 0.1) is 10.7 Å². The Morgan fingerprint density at radius 1 is 1.27 bits per heavy atom. The first kappa shape index (κ1) is 18.4. The third-order valence-electron chi connectivity index (χ3n) is 4.60. The van der Waals surface area contributed by atoms with Crippen LogP contribution in [0.25, 0.3) is 0 Å². The van der Waals surface area contributed by atoms with Crippen molar-refractivity contribution in [3.63, 3.8) is 0 Å². The Morgan fingerprint density at radius 2 is 1.92 bits per heavy atom. The van der Waals surface area contributed by atoms with Gasteiger partial charge in [-0.3, -0.25) is 4.79 Å². The molecule has 1 aromatic heterocycles. The third-order valence-corrected chi connectivity index (χ3v) is 5.91. The lowest BCUT2D eigenvalue weighted by atomic mass is 10.1. The van der Waals surface area contributed by atoms with Crippen LogP contribution in [0.5, 0.6) is 5.75 Å². The fraction of sp³-hybridized carbons (Fsp3) is 0.421. The van der Waals surface area contributed by atoms with Crippen molar-refractivity contribution in [3.8, 4) is 5.75 Å². The molecule has 2 aromatic rings. The summed E-state index contributed by atoms with van der Waals surface area (Å²) >= 11 is 1.51. The first-order valence-electron chi connectivity index (χ1n) is 8.65. The fourth-order valence-electron chi connectivity index (χ4n) is 3.14. The Bertz CT molecular complexity index is 794. The van der Waals surface area contributed by atoms with Crippen molar-refractivity contribution in [2.75, 3.05) is 18.6 Å². The SMILES string of the molecule is Cc1nc(C2CCCC2)sc1C(=O)N(C)c1ccc(OCC(=O)O)cc1. The number of anilines is 1. The number of aryl methyl sites for hydroxylation is 1. The Labute approximate surface area is 156 Å². The molecule has 1 aliphatic rings. The molecule has 3 rings (SSSR count). The monoisotopic (exact) mass is 374 g/mol. The van der Waals surface area contributed by atoms with Crippen LogP contribution < -0.4 is 9.64 Å². The third kappa shape index (κ3) is 4.04. The van der Waals surface area contributed by atoms with Crippen molar-refractivity contribution >= 4 is 28.9 Å². The summed E-state index contributed by atoms with van der Waals surface area (Å²) in [5, 5.41) is 9.72. The van der Waals surface area contributed by atoms with E-state index in [-0.39, 0.29) is 5.91 Å². The van der Waals surface area contributed by atoms with E-state index in [1.165, 1.54) is 24.2 Å². The molecule has 7 heteroatoms. The predicted molar refractivity (Wildman–Crippen MR) is 100 cm³/mol. The molecule has 26 heavy (non-hydrogen) atoms. The van der Waals surface area contributed by atoms with Gasteiger partial charge in [0.15, 0.2) is 6.61 Å². The number of carboxylic acids is 1. The number of aliphatic carboxylic acids is 1. The first-order chi connectivity index (χ1) is 12.5. The zero-order valence-electron chi connectivity index (χ0n) is 14.9. The summed E-state index contributed by atoms with van der Waals surface area (Å²) in [5.74, 6) is -0.158. The first-order valence-corrected chi connectivity index (χ1v) is 9.47. The van der Waals surface area contributed by atoms with Gasteiger partial charge in [-0.1, -0.05) is 12.8 Å². The van der Waals surface area contributed by atoms with E-state index >= 15 is 0 Å². The number of nitrogens with zero attached hydrogens (tertiary/aromatic N) is 2. The summed E-state index contributed by atoms with van der Waals surface area (Å²) in [4.78, 5) is 30.3. The molecule has 6 nitrogen and oxygen atoms in total. The number of thiazole rings is 1. The van der Waals surface area contributed by atoms with Gasteiger partial charge in [-0.2, -0.15) is 0 Å². The minimum Gasteiger partial charge on any atom is -0.482 e. The molecule has 1 N–H and O–H groups in total. The molecule has 1 heterocycles. The topological polar surface area (TPSA) is 79.7 Å². The van der Waals surface area contributed by atoms with E-state index in [9.17, 15) is 9.59 Å². The fourth-order valence-corrected chi connectivity index (χ4v) is 4.36. The zero-order chi connectivity index (χ0) is 18.7. The van der Waals surface area contributed by atoms with Gasteiger partial charge in [0, 0.05) is 18.7 Å². The molecule has 0 bridgehead atoms. The molecule has 0 unspecified atom stereocenters. The molecule has 1 amide bonds. The molecule has 1 saturated carbocycles. The number of carbonyl (C=O) groups excluding carboxylic acids is 1. The maximum absolute atomic E-state index is 12.9. The van der Waals surface area contributed by atoms with Gasteiger partial charge in [0.25, 0.3) is 5.91 Å². The van der Waals surface area contributed by atoms with Crippen molar-refractivity contribution in [2.45, 2.75) is 38.5 Å². The minimum absolute atomic E-state index is 0.0801. The van der Waals surface area contributed by atoms with E-state index in [4.69, 9.17) is 9.84 Å². The lowest BCUT2D eigenvalue weighted by Gasteiger charge is -2.17. The summed E-state index contributed by atoms with van der Waals surface area (Å²) < 4.78 is 5.12. The van der Waals surface area contributed by atoms with Gasteiger partial charge in [-0.25, -0.2) is 9.78 Å². The lowest BCUT2D eigenvalue weighted by Crippen LogP contribution is -2.26. The second kappa shape index (κ2) is 7.86. The average Bonchev–Trinajstić information content (AvgIpc) is 3.28.